The van der Waals surface area contributed by atoms with Gasteiger partial charge in [0.1, 0.15) is 12.4 Å². The Morgan fingerprint density at radius 1 is 1.15 bits per heavy atom. The number of hydrogen-bond acceptors (Lipinski definition) is 6. The molecule has 0 fully saturated rings. The fraction of sp³-hybridized carbons (Fsp3) is 0.0526. The van der Waals surface area contributed by atoms with E-state index in [4.69, 9.17) is 4.74 Å². The number of rotatable bonds is 7. The largest absolute Gasteiger partial charge is 0.489 e. The molecule has 3 rings (SSSR count). The molecule has 136 valence electrons. The Hall–Kier alpha value is -3.26. The van der Waals surface area contributed by atoms with Crippen molar-refractivity contribution in [3.8, 4) is 5.75 Å². The van der Waals surface area contributed by atoms with Gasteiger partial charge in [0.2, 0.25) is 5.82 Å². The quantitative estimate of drug-likeness (QED) is 0.333. The van der Waals surface area contributed by atoms with Crippen LogP contribution in [0.5, 0.6) is 5.75 Å². The van der Waals surface area contributed by atoms with Gasteiger partial charge >= 0.3 is 5.69 Å². The van der Waals surface area contributed by atoms with Crippen LogP contribution in [0.3, 0.4) is 0 Å². The topological polar surface area (TPSA) is 89.7 Å². The molecule has 7 nitrogen and oxygen atoms in total. The Morgan fingerprint density at radius 3 is 2.59 bits per heavy atom. The van der Waals surface area contributed by atoms with E-state index < -0.39 is 4.92 Å². The van der Waals surface area contributed by atoms with Gasteiger partial charge in [0.05, 0.1) is 11.1 Å². The van der Waals surface area contributed by atoms with E-state index in [0.29, 0.717) is 6.61 Å². The minimum atomic E-state index is -0.511. The average molecular weight is 427 g/mol. The molecule has 0 radical (unpaired) electrons. The second-order valence-corrected chi connectivity index (χ2v) is 6.40. The van der Waals surface area contributed by atoms with Crippen molar-refractivity contribution in [3.63, 3.8) is 0 Å². The molecular weight excluding hydrogens is 412 g/mol. The van der Waals surface area contributed by atoms with Crippen LogP contribution in [0.2, 0.25) is 0 Å². The SMILES string of the molecule is O=[N+]([O-])c1cccnc1N/N=C\c1ccc(OCc2ccc(Br)cc2)cc1. The third kappa shape index (κ3) is 5.35. The van der Waals surface area contributed by atoms with Crippen molar-refractivity contribution >= 4 is 33.6 Å². The predicted octanol–water partition coefficient (Wildman–Crippen LogP) is 4.78. The fourth-order valence-electron chi connectivity index (χ4n) is 2.20. The molecule has 0 atom stereocenters. The van der Waals surface area contributed by atoms with Gasteiger partial charge in [-0.25, -0.2) is 4.98 Å². The molecule has 0 bridgehead atoms. The summed E-state index contributed by atoms with van der Waals surface area (Å²) >= 11 is 3.40. The zero-order valence-corrected chi connectivity index (χ0v) is 15.7. The number of nitrogens with one attached hydrogen (secondary N) is 1. The van der Waals surface area contributed by atoms with Crippen LogP contribution in [0.1, 0.15) is 11.1 Å². The van der Waals surface area contributed by atoms with Gasteiger partial charge in [0, 0.05) is 16.7 Å². The van der Waals surface area contributed by atoms with E-state index in [-0.39, 0.29) is 11.5 Å². The third-order valence-electron chi connectivity index (χ3n) is 3.57. The number of anilines is 1. The molecule has 3 aromatic rings. The van der Waals surface area contributed by atoms with Crippen LogP contribution < -0.4 is 10.2 Å². The number of hydrogen-bond donors (Lipinski definition) is 1. The number of pyridine rings is 1. The molecule has 0 amide bonds. The number of ether oxygens (including phenoxy) is 1. The van der Waals surface area contributed by atoms with Crippen molar-refractivity contribution in [2.45, 2.75) is 6.61 Å². The molecule has 0 aliphatic carbocycles. The Balaban J connectivity index is 1.56. The van der Waals surface area contributed by atoms with E-state index in [2.05, 4.69) is 31.4 Å². The van der Waals surface area contributed by atoms with Crippen LogP contribution in [-0.4, -0.2) is 16.1 Å². The van der Waals surface area contributed by atoms with Gasteiger partial charge in [0.25, 0.3) is 0 Å². The summed E-state index contributed by atoms with van der Waals surface area (Å²) in [5.74, 6) is 0.830. The van der Waals surface area contributed by atoms with Crippen molar-refractivity contribution < 1.29 is 9.66 Å². The molecule has 0 saturated heterocycles. The van der Waals surface area contributed by atoms with E-state index >= 15 is 0 Å². The van der Waals surface area contributed by atoms with E-state index in [0.717, 1.165) is 21.3 Å². The lowest BCUT2D eigenvalue weighted by molar-refractivity contribution is -0.384. The Morgan fingerprint density at radius 2 is 1.89 bits per heavy atom. The molecule has 0 aliphatic heterocycles. The summed E-state index contributed by atoms with van der Waals surface area (Å²) in [7, 11) is 0. The van der Waals surface area contributed by atoms with Gasteiger partial charge < -0.3 is 4.74 Å². The second kappa shape index (κ2) is 8.91. The highest BCUT2D eigenvalue weighted by Gasteiger charge is 2.12. The lowest BCUT2D eigenvalue weighted by Gasteiger charge is -2.06. The summed E-state index contributed by atoms with van der Waals surface area (Å²) in [5, 5.41) is 14.9. The van der Waals surface area contributed by atoms with Crippen LogP contribution in [0, 0.1) is 10.1 Å². The van der Waals surface area contributed by atoms with E-state index in [1.54, 1.807) is 6.21 Å². The summed E-state index contributed by atoms with van der Waals surface area (Å²) in [4.78, 5) is 14.3. The standard InChI is InChI=1S/C19H15BrN4O3/c20-16-7-3-15(4-8-16)13-27-17-9-5-14(6-10-17)12-22-23-19-18(24(25)26)2-1-11-21-19/h1-12H,13H2,(H,21,23)/b22-12-. The van der Waals surface area contributed by atoms with E-state index in [9.17, 15) is 10.1 Å². The maximum Gasteiger partial charge on any atom is 0.313 e. The lowest BCUT2D eigenvalue weighted by atomic mass is 10.2. The average Bonchev–Trinajstić information content (AvgIpc) is 2.69. The number of halogens is 1. The first kappa shape index (κ1) is 18.5. The molecule has 0 saturated carbocycles. The molecule has 27 heavy (non-hydrogen) atoms. The Labute approximate surface area is 164 Å². The highest BCUT2D eigenvalue weighted by Crippen LogP contribution is 2.20. The number of hydrazone groups is 1. The summed E-state index contributed by atoms with van der Waals surface area (Å²) < 4.78 is 6.77. The zero-order chi connectivity index (χ0) is 19.1. The second-order valence-electron chi connectivity index (χ2n) is 5.48. The van der Waals surface area contributed by atoms with E-state index in [1.165, 1.54) is 18.3 Å². The Kier molecular flexibility index (Phi) is 6.11. The van der Waals surface area contributed by atoms with Crippen LogP contribution in [-0.2, 0) is 6.61 Å². The highest BCUT2D eigenvalue weighted by atomic mass is 79.9. The molecule has 1 aromatic heterocycles. The van der Waals surface area contributed by atoms with Gasteiger partial charge in [-0.2, -0.15) is 5.10 Å². The molecule has 1 N–H and O–H groups in total. The Bertz CT molecular complexity index is 944. The minimum Gasteiger partial charge on any atom is -0.489 e. The van der Waals surface area contributed by atoms with Gasteiger partial charge in [0.15, 0.2) is 0 Å². The zero-order valence-electron chi connectivity index (χ0n) is 14.1. The number of nitro groups is 1. The van der Waals surface area contributed by atoms with Gasteiger partial charge in [-0.15, -0.1) is 0 Å². The summed E-state index contributed by atoms with van der Waals surface area (Å²) in [6.07, 6.45) is 3.01. The minimum absolute atomic E-state index is 0.0909. The maximum atomic E-state index is 10.9. The number of nitrogens with zero attached hydrogens (tertiary/aromatic N) is 3. The molecular formula is C19H15BrN4O3. The van der Waals surface area contributed by atoms with Crippen LogP contribution >= 0.6 is 15.9 Å². The summed E-state index contributed by atoms with van der Waals surface area (Å²) in [6.45, 7) is 0.478. The summed E-state index contributed by atoms with van der Waals surface area (Å²) in [5.41, 5.74) is 4.35. The van der Waals surface area contributed by atoms with Crippen molar-refractivity contribution in [2.75, 3.05) is 5.43 Å². The normalized spacial score (nSPS) is 10.7. The van der Waals surface area contributed by atoms with Crippen LogP contribution in [0.25, 0.3) is 0 Å². The van der Waals surface area contributed by atoms with E-state index in [1.807, 2.05) is 48.5 Å². The lowest BCUT2D eigenvalue weighted by Crippen LogP contribution is -1.99. The number of benzene rings is 2. The first-order valence-electron chi connectivity index (χ1n) is 7.97. The van der Waals surface area contributed by atoms with Crippen LogP contribution in [0.15, 0.2) is 76.4 Å². The molecule has 0 spiro atoms. The smallest absolute Gasteiger partial charge is 0.313 e. The molecule has 0 aliphatic rings. The summed E-state index contributed by atoms with van der Waals surface area (Å²) in [6, 6.07) is 18.1. The van der Waals surface area contributed by atoms with Gasteiger partial charge in [-0.3, -0.25) is 15.5 Å². The van der Waals surface area contributed by atoms with Crippen LogP contribution in [0.4, 0.5) is 11.5 Å². The highest BCUT2D eigenvalue weighted by molar-refractivity contribution is 9.10. The van der Waals surface area contributed by atoms with Gasteiger partial charge in [-0.1, -0.05) is 28.1 Å². The molecule has 1 heterocycles. The first-order valence-corrected chi connectivity index (χ1v) is 8.77. The van der Waals surface area contributed by atoms with Crippen molar-refractivity contribution in [2.24, 2.45) is 5.10 Å². The van der Waals surface area contributed by atoms with Crippen molar-refractivity contribution in [1.82, 2.24) is 4.98 Å². The fourth-order valence-corrected chi connectivity index (χ4v) is 2.46. The van der Waals surface area contributed by atoms with Gasteiger partial charge in [-0.05, 0) is 53.6 Å². The predicted molar refractivity (Wildman–Crippen MR) is 107 cm³/mol. The number of aromatic nitrogens is 1. The molecule has 0 unspecified atom stereocenters. The molecule has 8 heteroatoms. The third-order valence-corrected chi connectivity index (χ3v) is 4.09. The molecule has 2 aromatic carbocycles. The first-order chi connectivity index (χ1) is 13.1. The van der Waals surface area contributed by atoms with Crippen molar-refractivity contribution in [3.05, 3.63) is 92.6 Å². The van der Waals surface area contributed by atoms with Crippen molar-refractivity contribution in [1.29, 1.82) is 0 Å². The maximum absolute atomic E-state index is 10.9. The monoisotopic (exact) mass is 426 g/mol.